The third kappa shape index (κ3) is 4.47. The van der Waals surface area contributed by atoms with Gasteiger partial charge in [0, 0.05) is 57.3 Å². The Morgan fingerprint density at radius 2 is 1.78 bits per heavy atom. The number of likely N-dealkylation sites (N-methyl/N-ethyl adjacent to an activating group) is 1. The van der Waals surface area contributed by atoms with E-state index in [0.717, 1.165) is 13.1 Å². The summed E-state index contributed by atoms with van der Waals surface area (Å²) in [6.45, 7) is 6.66. The molecule has 0 N–H and O–H groups in total. The Bertz CT molecular complexity index is 1040. The molecule has 1 saturated heterocycles. The van der Waals surface area contributed by atoms with Crippen molar-refractivity contribution in [3.63, 3.8) is 0 Å². The molecule has 2 amide bonds. The quantitative estimate of drug-likeness (QED) is 0.675. The van der Waals surface area contributed by atoms with Crippen LogP contribution in [0, 0.1) is 6.92 Å². The monoisotopic (exact) mass is 435 g/mol. The molecule has 168 valence electrons. The van der Waals surface area contributed by atoms with Gasteiger partial charge in [-0.25, -0.2) is 0 Å². The molecular weight excluding hydrogens is 406 g/mol. The van der Waals surface area contributed by atoms with Gasteiger partial charge in [-0.1, -0.05) is 12.1 Å². The van der Waals surface area contributed by atoms with Crippen molar-refractivity contribution in [3.8, 4) is 5.75 Å². The molecule has 2 aliphatic heterocycles. The van der Waals surface area contributed by atoms with Crippen LogP contribution >= 0.6 is 0 Å². The molecule has 0 saturated carbocycles. The molecule has 0 aliphatic carbocycles. The van der Waals surface area contributed by atoms with Crippen molar-refractivity contribution in [1.82, 2.24) is 4.90 Å². The van der Waals surface area contributed by atoms with Crippen LogP contribution in [0.2, 0.25) is 0 Å². The average molecular weight is 436 g/mol. The molecule has 2 aromatic rings. The Balaban J connectivity index is 1.31. The largest absolute Gasteiger partial charge is 0.479 e. The number of carbonyl (C=O) groups is 3. The Kier molecular flexibility index (Phi) is 6.17. The number of anilines is 2. The van der Waals surface area contributed by atoms with Crippen LogP contribution in [0.4, 0.5) is 11.4 Å². The topological polar surface area (TPSA) is 70.2 Å². The van der Waals surface area contributed by atoms with Crippen LogP contribution in [0.3, 0.4) is 0 Å². The maximum absolute atomic E-state index is 12.7. The van der Waals surface area contributed by atoms with E-state index in [2.05, 4.69) is 36.1 Å². The summed E-state index contributed by atoms with van der Waals surface area (Å²) in [5.74, 6) is 0.324. The third-order valence-electron chi connectivity index (χ3n) is 6.19. The Morgan fingerprint density at radius 1 is 1.03 bits per heavy atom. The SMILES string of the molecule is Cc1cccc(N2CCN(C(=O)CCC(=O)c3ccc4c(c3)N(C)C(=O)C(C)O4)CC2)c1. The van der Waals surface area contributed by atoms with Crippen molar-refractivity contribution in [3.05, 3.63) is 53.6 Å². The second kappa shape index (κ2) is 9.02. The number of carbonyl (C=O) groups excluding carboxylic acids is 3. The highest BCUT2D eigenvalue weighted by molar-refractivity contribution is 6.03. The molecule has 32 heavy (non-hydrogen) atoms. The lowest BCUT2D eigenvalue weighted by atomic mass is 10.0. The van der Waals surface area contributed by atoms with E-state index in [4.69, 9.17) is 4.74 Å². The molecule has 2 aliphatic rings. The second-order valence-corrected chi connectivity index (χ2v) is 8.47. The molecule has 0 bridgehead atoms. The molecule has 2 aromatic carbocycles. The highest BCUT2D eigenvalue weighted by Crippen LogP contribution is 2.34. The summed E-state index contributed by atoms with van der Waals surface area (Å²) < 4.78 is 5.61. The zero-order valence-corrected chi connectivity index (χ0v) is 18.8. The number of aryl methyl sites for hydroxylation is 1. The van der Waals surface area contributed by atoms with Gasteiger partial charge in [-0.15, -0.1) is 0 Å². The van der Waals surface area contributed by atoms with Crippen LogP contribution in [0.15, 0.2) is 42.5 Å². The van der Waals surface area contributed by atoms with E-state index >= 15 is 0 Å². The number of hydrogen-bond acceptors (Lipinski definition) is 5. The van der Waals surface area contributed by atoms with Crippen LogP contribution in [-0.2, 0) is 9.59 Å². The highest BCUT2D eigenvalue weighted by atomic mass is 16.5. The number of rotatable bonds is 5. The van der Waals surface area contributed by atoms with Gasteiger partial charge in [0.1, 0.15) is 5.75 Å². The first-order valence-corrected chi connectivity index (χ1v) is 11.0. The van der Waals surface area contributed by atoms with Gasteiger partial charge in [0.25, 0.3) is 5.91 Å². The predicted octanol–water partition coefficient (Wildman–Crippen LogP) is 3.05. The molecule has 1 unspecified atom stereocenters. The van der Waals surface area contributed by atoms with Gasteiger partial charge in [-0.05, 0) is 49.7 Å². The number of ether oxygens (including phenoxy) is 1. The fraction of sp³-hybridized carbons (Fsp3) is 0.400. The summed E-state index contributed by atoms with van der Waals surface area (Å²) >= 11 is 0. The van der Waals surface area contributed by atoms with Crippen molar-refractivity contribution in [2.45, 2.75) is 32.8 Å². The average Bonchev–Trinajstić information content (AvgIpc) is 2.81. The summed E-state index contributed by atoms with van der Waals surface area (Å²) in [5.41, 5.74) is 3.47. The zero-order chi connectivity index (χ0) is 22.8. The number of ketones is 1. The number of fused-ring (bicyclic) bond motifs is 1. The normalized spacial score (nSPS) is 18.3. The lowest BCUT2D eigenvalue weighted by Crippen LogP contribution is -2.48. The fourth-order valence-electron chi connectivity index (χ4n) is 4.25. The minimum atomic E-state index is -0.543. The maximum Gasteiger partial charge on any atom is 0.267 e. The van der Waals surface area contributed by atoms with Gasteiger partial charge < -0.3 is 19.4 Å². The van der Waals surface area contributed by atoms with Crippen LogP contribution in [0.25, 0.3) is 0 Å². The molecule has 1 atom stereocenters. The molecule has 1 fully saturated rings. The molecule has 2 heterocycles. The zero-order valence-electron chi connectivity index (χ0n) is 18.8. The van der Waals surface area contributed by atoms with E-state index in [9.17, 15) is 14.4 Å². The van der Waals surface area contributed by atoms with E-state index in [1.807, 2.05) is 4.90 Å². The van der Waals surface area contributed by atoms with Gasteiger partial charge in [-0.3, -0.25) is 14.4 Å². The molecule has 0 radical (unpaired) electrons. The first kappa shape index (κ1) is 21.9. The van der Waals surface area contributed by atoms with Crippen molar-refractivity contribution in [1.29, 1.82) is 0 Å². The number of nitrogens with zero attached hydrogens (tertiary/aromatic N) is 3. The minimum absolute atomic E-state index is 0.00431. The van der Waals surface area contributed by atoms with Gasteiger partial charge in [-0.2, -0.15) is 0 Å². The summed E-state index contributed by atoms with van der Waals surface area (Å²) in [5, 5.41) is 0. The highest BCUT2D eigenvalue weighted by Gasteiger charge is 2.29. The first-order valence-electron chi connectivity index (χ1n) is 11.0. The minimum Gasteiger partial charge on any atom is -0.479 e. The van der Waals surface area contributed by atoms with Crippen molar-refractivity contribution >= 4 is 29.0 Å². The molecule has 0 spiro atoms. The Labute approximate surface area is 188 Å². The van der Waals surface area contributed by atoms with E-state index in [-0.39, 0.29) is 30.4 Å². The lowest BCUT2D eigenvalue weighted by Gasteiger charge is -2.36. The van der Waals surface area contributed by atoms with Gasteiger partial charge >= 0.3 is 0 Å². The van der Waals surface area contributed by atoms with Crippen LogP contribution < -0.4 is 14.5 Å². The van der Waals surface area contributed by atoms with Gasteiger partial charge in [0.05, 0.1) is 5.69 Å². The Morgan fingerprint density at radius 3 is 2.50 bits per heavy atom. The van der Waals surface area contributed by atoms with Crippen LogP contribution in [0.1, 0.15) is 35.7 Å². The van der Waals surface area contributed by atoms with Gasteiger partial charge in [0.15, 0.2) is 11.9 Å². The summed E-state index contributed by atoms with van der Waals surface area (Å²) in [7, 11) is 1.67. The third-order valence-corrected chi connectivity index (χ3v) is 6.19. The van der Waals surface area contributed by atoms with E-state index in [0.29, 0.717) is 30.1 Å². The second-order valence-electron chi connectivity index (χ2n) is 8.47. The number of amides is 2. The Hall–Kier alpha value is -3.35. The van der Waals surface area contributed by atoms with E-state index in [1.54, 1.807) is 32.2 Å². The molecule has 7 nitrogen and oxygen atoms in total. The number of hydrogen-bond donors (Lipinski definition) is 0. The summed E-state index contributed by atoms with van der Waals surface area (Å²) in [6.07, 6.45) is -0.217. The van der Waals surface area contributed by atoms with Crippen molar-refractivity contribution in [2.75, 3.05) is 43.0 Å². The fourth-order valence-corrected chi connectivity index (χ4v) is 4.25. The standard InChI is InChI=1S/C25H29N3O4/c1-17-5-4-6-20(15-17)27-11-13-28(14-12-27)24(30)10-8-22(29)19-7-9-23-21(16-19)26(3)25(31)18(2)32-23/h4-7,9,15-16,18H,8,10-14H2,1-3H3. The molecular formula is C25H29N3O4. The van der Waals surface area contributed by atoms with E-state index < -0.39 is 6.10 Å². The van der Waals surface area contributed by atoms with Crippen LogP contribution in [-0.4, -0.2) is 61.8 Å². The lowest BCUT2D eigenvalue weighted by molar-refractivity contribution is -0.131. The van der Waals surface area contributed by atoms with E-state index in [1.165, 1.54) is 16.2 Å². The van der Waals surface area contributed by atoms with Crippen molar-refractivity contribution < 1.29 is 19.1 Å². The van der Waals surface area contributed by atoms with Crippen molar-refractivity contribution in [2.24, 2.45) is 0 Å². The first-order chi connectivity index (χ1) is 15.3. The maximum atomic E-state index is 12.7. The van der Waals surface area contributed by atoms with Gasteiger partial charge in [0.2, 0.25) is 5.91 Å². The number of Topliss-reactive ketones (excluding diaryl/α,β-unsaturated/α-hetero) is 1. The molecule has 7 heteroatoms. The molecule has 4 rings (SSSR count). The molecule has 0 aromatic heterocycles. The summed E-state index contributed by atoms with van der Waals surface area (Å²) in [6, 6.07) is 13.5. The van der Waals surface area contributed by atoms with Crippen LogP contribution in [0.5, 0.6) is 5.75 Å². The predicted molar refractivity (Wildman–Crippen MR) is 123 cm³/mol. The summed E-state index contributed by atoms with van der Waals surface area (Å²) in [4.78, 5) is 43.2. The smallest absolute Gasteiger partial charge is 0.267 e. The number of piperazine rings is 1. The number of benzene rings is 2.